The molecule has 0 aromatic rings. The number of rotatable bonds is 2. The van der Waals surface area contributed by atoms with Crippen LogP contribution in [0.1, 0.15) is 6.42 Å². The van der Waals surface area contributed by atoms with Crippen molar-refractivity contribution in [2.24, 2.45) is 0 Å². The highest BCUT2D eigenvalue weighted by Crippen LogP contribution is 2.64. The summed E-state index contributed by atoms with van der Waals surface area (Å²) in [5, 5.41) is 0. The summed E-state index contributed by atoms with van der Waals surface area (Å²) in [5.41, 5.74) is 0. The molecule has 0 spiro atoms. The smallest absolute Gasteiger partial charge is 0.308 e. The van der Waals surface area contributed by atoms with E-state index in [1.165, 1.54) is 0 Å². The Morgan fingerprint density at radius 3 is 2.82 bits per heavy atom. The number of hydrogen-bond donors (Lipinski definition) is 0. The summed E-state index contributed by atoms with van der Waals surface area (Å²) in [5.74, 6) is -0.223. The molecule has 0 saturated carbocycles. The second-order valence-electron chi connectivity index (χ2n) is 2.45. The highest BCUT2D eigenvalue weighted by Gasteiger charge is 2.44. The fourth-order valence-corrected chi connectivity index (χ4v) is 1.86. The van der Waals surface area contributed by atoms with E-state index < -0.39 is 10.9 Å². The van der Waals surface area contributed by atoms with E-state index in [4.69, 9.17) is 4.18 Å². The molecule has 2 fully saturated rings. The van der Waals surface area contributed by atoms with Crippen LogP contribution < -0.4 is 0 Å². The Kier molecular flexibility index (Phi) is 1.57. The fourth-order valence-electron chi connectivity index (χ4n) is 0.870. The fraction of sp³-hybridized carbons (Fsp3) is 0.800. The van der Waals surface area contributed by atoms with Gasteiger partial charge in [-0.05, 0) is 0 Å². The zero-order valence-electron chi connectivity index (χ0n) is 5.94. The quantitative estimate of drug-likeness (QED) is 0.351. The number of hydrogen-bond acceptors (Lipinski definition) is 5. The van der Waals surface area contributed by atoms with Gasteiger partial charge in [-0.2, -0.15) is 0 Å². The molecule has 2 saturated heterocycles. The van der Waals surface area contributed by atoms with Gasteiger partial charge in [0.2, 0.25) is 0 Å². The standard InChI is InChI=1S/C5H8O5S/c1-11(9-10-11)8-4-2-5(6)7-3-4/h4H,2-3H2,1H3. The van der Waals surface area contributed by atoms with Crippen LogP contribution in [0.3, 0.4) is 0 Å². The summed E-state index contributed by atoms with van der Waals surface area (Å²) in [6.07, 6.45) is 1.83. The van der Waals surface area contributed by atoms with Crippen molar-refractivity contribution in [3.8, 4) is 0 Å². The zero-order chi connectivity index (χ0) is 7.90. The minimum atomic E-state index is -1.71. The van der Waals surface area contributed by atoms with Crippen LogP contribution in [0.15, 0.2) is 0 Å². The summed E-state index contributed by atoms with van der Waals surface area (Å²) < 4.78 is 19.1. The van der Waals surface area contributed by atoms with Crippen LogP contribution >= 0.6 is 10.9 Å². The maximum absolute atomic E-state index is 10.6. The molecule has 1 unspecified atom stereocenters. The second-order valence-corrected chi connectivity index (χ2v) is 4.32. The molecule has 64 valence electrons. The predicted octanol–water partition coefficient (Wildman–Crippen LogP) is 0.460. The van der Waals surface area contributed by atoms with Crippen molar-refractivity contribution in [3.05, 3.63) is 0 Å². The van der Waals surface area contributed by atoms with E-state index in [0.29, 0.717) is 13.0 Å². The van der Waals surface area contributed by atoms with Gasteiger partial charge in [0.25, 0.3) is 0 Å². The first-order chi connectivity index (χ1) is 5.18. The minimum absolute atomic E-state index is 0.190. The Morgan fingerprint density at radius 1 is 1.64 bits per heavy atom. The Labute approximate surface area is 65.4 Å². The van der Waals surface area contributed by atoms with Crippen LogP contribution in [0.2, 0.25) is 0 Å². The van der Waals surface area contributed by atoms with Gasteiger partial charge in [-0.25, -0.2) is 0 Å². The Bertz CT molecular complexity index is 189. The third-order valence-corrected chi connectivity index (χ3v) is 2.54. The average molecular weight is 180 g/mol. The highest BCUT2D eigenvalue weighted by molar-refractivity contribution is 8.24. The monoisotopic (exact) mass is 180 g/mol. The van der Waals surface area contributed by atoms with Gasteiger partial charge in [-0.15, -0.1) is 8.67 Å². The van der Waals surface area contributed by atoms with E-state index in [0.717, 1.165) is 0 Å². The van der Waals surface area contributed by atoms with Gasteiger partial charge in [0.05, 0.1) is 6.42 Å². The van der Waals surface area contributed by atoms with Crippen molar-refractivity contribution in [1.82, 2.24) is 0 Å². The van der Waals surface area contributed by atoms with Crippen molar-refractivity contribution < 1.29 is 22.4 Å². The van der Waals surface area contributed by atoms with Gasteiger partial charge < -0.3 is 4.74 Å². The molecule has 2 heterocycles. The molecule has 0 amide bonds. The predicted molar refractivity (Wildman–Crippen MR) is 36.1 cm³/mol. The molecule has 6 heteroatoms. The van der Waals surface area contributed by atoms with Crippen LogP contribution in [0.5, 0.6) is 0 Å². The number of cyclic esters (lactones) is 1. The summed E-state index contributed by atoms with van der Waals surface area (Å²) >= 11 is 0. The number of carbonyl (C=O) groups is 1. The SMILES string of the molecule is CS1(OC2COC(=O)C2)OO1. The largest absolute Gasteiger partial charge is 0.463 e. The normalized spacial score (nSPS) is 36.5. The number of ether oxygens (including phenoxy) is 1. The lowest BCUT2D eigenvalue weighted by atomic mass is 10.3. The first kappa shape index (κ1) is 7.35. The van der Waals surface area contributed by atoms with Crippen molar-refractivity contribution >= 4 is 16.8 Å². The molecule has 5 nitrogen and oxygen atoms in total. The van der Waals surface area contributed by atoms with Gasteiger partial charge in [0.1, 0.15) is 12.7 Å². The van der Waals surface area contributed by atoms with Gasteiger partial charge in [-0.3, -0.25) is 8.98 Å². The lowest BCUT2D eigenvalue weighted by Gasteiger charge is -2.09. The first-order valence-corrected chi connectivity index (χ1v) is 4.99. The molecule has 0 aromatic carbocycles. The molecule has 0 radical (unpaired) electrons. The third kappa shape index (κ3) is 1.64. The maximum atomic E-state index is 10.6. The van der Waals surface area contributed by atoms with Crippen LogP contribution in [0, 0.1) is 0 Å². The van der Waals surface area contributed by atoms with Crippen molar-refractivity contribution in [1.29, 1.82) is 0 Å². The molecule has 0 aliphatic carbocycles. The van der Waals surface area contributed by atoms with Gasteiger partial charge in [0, 0.05) is 6.26 Å². The van der Waals surface area contributed by atoms with Gasteiger partial charge in [-0.1, -0.05) is 0 Å². The molecule has 0 bridgehead atoms. The molecule has 1 atom stereocenters. The lowest BCUT2D eigenvalue weighted by Crippen LogP contribution is -2.10. The lowest BCUT2D eigenvalue weighted by molar-refractivity contribution is -0.137. The topological polar surface area (TPSA) is 60.6 Å². The molecule has 2 aliphatic rings. The van der Waals surface area contributed by atoms with Crippen molar-refractivity contribution in [3.63, 3.8) is 0 Å². The van der Waals surface area contributed by atoms with E-state index >= 15 is 0 Å². The number of carbonyl (C=O) groups excluding carboxylic acids is 1. The summed E-state index contributed by atoms with van der Waals surface area (Å²) in [4.78, 5) is 10.6. The molecule has 0 aromatic heterocycles. The summed E-state index contributed by atoms with van der Waals surface area (Å²) in [6.45, 7) is 0.314. The third-order valence-electron chi connectivity index (χ3n) is 1.40. The Balaban J connectivity index is 1.83. The highest BCUT2D eigenvalue weighted by atomic mass is 32.3. The molecule has 0 N–H and O–H groups in total. The van der Waals surface area contributed by atoms with Crippen LogP contribution in [-0.2, 0) is 22.4 Å². The van der Waals surface area contributed by atoms with Crippen LogP contribution in [0.25, 0.3) is 0 Å². The van der Waals surface area contributed by atoms with Crippen LogP contribution in [0.4, 0.5) is 0 Å². The van der Waals surface area contributed by atoms with E-state index in [1.54, 1.807) is 6.26 Å². The minimum Gasteiger partial charge on any atom is -0.463 e. The van der Waals surface area contributed by atoms with Crippen molar-refractivity contribution in [2.75, 3.05) is 12.9 Å². The van der Waals surface area contributed by atoms with E-state index in [-0.39, 0.29) is 12.1 Å². The molecule has 2 rings (SSSR count). The van der Waals surface area contributed by atoms with Gasteiger partial charge in [0.15, 0.2) is 10.9 Å². The average Bonchev–Trinajstić information content (AvgIpc) is 2.49. The van der Waals surface area contributed by atoms with E-state index in [9.17, 15) is 4.79 Å². The van der Waals surface area contributed by atoms with E-state index in [1.807, 2.05) is 0 Å². The molecule has 2 aliphatic heterocycles. The Morgan fingerprint density at radius 2 is 2.36 bits per heavy atom. The molecule has 11 heavy (non-hydrogen) atoms. The Hall–Kier alpha value is -0.300. The molecular weight excluding hydrogens is 172 g/mol. The maximum Gasteiger partial charge on any atom is 0.308 e. The number of esters is 1. The van der Waals surface area contributed by atoms with E-state index in [2.05, 4.69) is 13.4 Å². The zero-order valence-corrected chi connectivity index (χ0v) is 6.76. The van der Waals surface area contributed by atoms with Crippen molar-refractivity contribution in [2.45, 2.75) is 12.5 Å². The summed E-state index contributed by atoms with van der Waals surface area (Å²) in [7, 11) is -1.71. The van der Waals surface area contributed by atoms with Gasteiger partial charge >= 0.3 is 5.97 Å². The summed E-state index contributed by atoms with van der Waals surface area (Å²) in [6, 6.07) is 0. The first-order valence-electron chi connectivity index (χ1n) is 3.18. The second kappa shape index (κ2) is 2.34. The molecular formula is C5H8O5S. The van der Waals surface area contributed by atoms with Crippen LogP contribution in [-0.4, -0.2) is 24.9 Å².